The predicted molar refractivity (Wildman–Crippen MR) is 82.7 cm³/mol. The number of carbonyl (C=O) groups excluding carboxylic acids is 1. The Hall–Kier alpha value is -2.01. The molecule has 1 heterocycles. The van der Waals surface area contributed by atoms with Crippen LogP contribution in [-0.2, 0) is 10.3 Å². The number of halogens is 1. The molecule has 1 atom stereocenters. The summed E-state index contributed by atoms with van der Waals surface area (Å²) >= 11 is 1.71. The highest BCUT2D eigenvalue weighted by atomic mass is 32.2. The van der Waals surface area contributed by atoms with Crippen molar-refractivity contribution in [2.75, 3.05) is 11.1 Å². The lowest BCUT2D eigenvalue weighted by Gasteiger charge is -2.37. The first kappa shape index (κ1) is 13.9. The minimum absolute atomic E-state index is 0.312. The van der Waals surface area contributed by atoms with Crippen LogP contribution in [0.2, 0.25) is 0 Å². The minimum atomic E-state index is -0.945. The first-order valence-corrected chi connectivity index (χ1v) is 7.66. The molecule has 1 amide bonds. The maximum atomic E-state index is 13.0. The smallest absolute Gasteiger partial charge is 0.247 e. The maximum Gasteiger partial charge on any atom is 0.247 e. The number of hydrogen-bond donors (Lipinski definition) is 2. The summed E-state index contributed by atoms with van der Waals surface area (Å²) in [5, 5.41) is 3.22. The van der Waals surface area contributed by atoms with E-state index in [1.165, 1.54) is 12.1 Å². The highest BCUT2D eigenvalue weighted by Gasteiger charge is 2.42. The van der Waals surface area contributed by atoms with Gasteiger partial charge in [0.25, 0.3) is 0 Å². The van der Waals surface area contributed by atoms with Crippen LogP contribution in [0.1, 0.15) is 12.0 Å². The van der Waals surface area contributed by atoms with Gasteiger partial charge in [-0.25, -0.2) is 4.39 Å². The molecule has 3 rings (SSSR count). The lowest BCUT2D eigenvalue weighted by molar-refractivity contribution is -0.122. The van der Waals surface area contributed by atoms with Crippen molar-refractivity contribution in [3.05, 3.63) is 59.9 Å². The van der Waals surface area contributed by atoms with E-state index in [1.54, 1.807) is 23.9 Å². The highest BCUT2D eigenvalue weighted by Crippen LogP contribution is 2.42. The quantitative estimate of drug-likeness (QED) is 0.916. The normalized spacial score (nSPS) is 20.6. The molecule has 2 aromatic carbocycles. The number of hydrogen-bond acceptors (Lipinski definition) is 3. The third-order valence-corrected chi connectivity index (χ3v) is 4.78. The zero-order valence-electron chi connectivity index (χ0n) is 11.3. The molecule has 0 saturated heterocycles. The van der Waals surface area contributed by atoms with Gasteiger partial charge < -0.3 is 11.1 Å². The lowest BCUT2D eigenvalue weighted by atomic mass is 9.85. The zero-order valence-corrected chi connectivity index (χ0v) is 12.1. The van der Waals surface area contributed by atoms with Gasteiger partial charge in [-0.3, -0.25) is 4.79 Å². The lowest BCUT2D eigenvalue weighted by Crippen LogP contribution is -2.49. The molecule has 0 saturated carbocycles. The van der Waals surface area contributed by atoms with E-state index in [-0.39, 0.29) is 5.82 Å². The number of fused-ring (bicyclic) bond motifs is 1. The second kappa shape index (κ2) is 5.41. The van der Waals surface area contributed by atoms with Gasteiger partial charge in [-0.05, 0) is 36.8 Å². The monoisotopic (exact) mass is 302 g/mol. The van der Waals surface area contributed by atoms with Gasteiger partial charge in [0.2, 0.25) is 5.91 Å². The molecule has 0 spiro atoms. The first-order valence-electron chi connectivity index (χ1n) is 6.68. The van der Waals surface area contributed by atoms with Crippen LogP contribution in [0.5, 0.6) is 0 Å². The number of nitrogens with two attached hydrogens (primary N) is 1. The Morgan fingerprint density at radius 2 is 1.90 bits per heavy atom. The van der Waals surface area contributed by atoms with Crippen molar-refractivity contribution < 1.29 is 9.18 Å². The summed E-state index contributed by atoms with van der Waals surface area (Å²) < 4.78 is 13.0. The molecule has 0 fully saturated rings. The van der Waals surface area contributed by atoms with Crippen molar-refractivity contribution in [3.63, 3.8) is 0 Å². The van der Waals surface area contributed by atoms with Crippen LogP contribution in [0.3, 0.4) is 0 Å². The molecule has 108 valence electrons. The fourth-order valence-electron chi connectivity index (χ4n) is 2.62. The van der Waals surface area contributed by atoms with E-state index in [4.69, 9.17) is 5.73 Å². The molecular weight excluding hydrogens is 287 g/mol. The molecule has 1 aliphatic heterocycles. The predicted octanol–water partition coefficient (Wildman–Crippen LogP) is 3.11. The average Bonchev–Trinajstić information content (AvgIpc) is 2.50. The number of thioether (sulfide) groups is 1. The second-order valence-corrected chi connectivity index (χ2v) is 6.13. The van der Waals surface area contributed by atoms with E-state index in [0.29, 0.717) is 12.1 Å². The zero-order chi connectivity index (χ0) is 14.9. The van der Waals surface area contributed by atoms with Gasteiger partial charge >= 0.3 is 0 Å². The van der Waals surface area contributed by atoms with Crippen molar-refractivity contribution in [2.24, 2.45) is 5.73 Å². The van der Waals surface area contributed by atoms with Crippen LogP contribution in [0.4, 0.5) is 10.1 Å². The van der Waals surface area contributed by atoms with Crippen molar-refractivity contribution >= 4 is 23.4 Å². The van der Waals surface area contributed by atoms with Crippen LogP contribution >= 0.6 is 11.8 Å². The Labute approximate surface area is 126 Å². The SMILES string of the molecule is NC(=O)C1(Nc2ccc(F)cc2)CCSc2ccccc21. The van der Waals surface area contributed by atoms with Crippen molar-refractivity contribution in [3.8, 4) is 0 Å². The summed E-state index contributed by atoms with van der Waals surface area (Å²) in [6, 6.07) is 13.7. The molecular formula is C16H15FN2OS. The molecule has 0 radical (unpaired) electrons. The Kier molecular flexibility index (Phi) is 3.59. The third kappa shape index (κ3) is 2.49. The number of amides is 1. The molecule has 21 heavy (non-hydrogen) atoms. The molecule has 0 aromatic heterocycles. The molecule has 2 aromatic rings. The largest absolute Gasteiger partial charge is 0.368 e. The molecule has 0 bridgehead atoms. The highest BCUT2D eigenvalue weighted by molar-refractivity contribution is 7.99. The number of nitrogens with one attached hydrogen (secondary N) is 1. The maximum absolute atomic E-state index is 13.0. The van der Waals surface area contributed by atoms with E-state index in [0.717, 1.165) is 16.2 Å². The van der Waals surface area contributed by atoms with Crippen LogP contribution in [0, 0.1) is 5.82 Å². The van der Waals surface area contributed by atoms with E-state index in [9.17, 15) is 9.18 Å². The number of benzene rings is 2. The molecule has 5 heteroatoms. The van der Waals surface area contributed by atoms with Crippen molar-refractivity contribution in [2.45, 2.75) is 16.9 Å². The molecule has 3 N–H and O–H groups in total. The number of rotatable bonds is 3. The second-order valence-electron chi connectivity index (χ2n) is 5.00. The molecule has 0 aliphatic carbocycles. The van der Waals surface area contributed by atoms with Gasteiger partial charge in [-0.1, -0.05) is 18.2 Å². The van der Waals surface area contributed by atoms with Crippen molar-refractivity contribution in [1.29, 1.82) is 0 Å². The fraction of sp³-hybridized carbons (Fsp3) is 0.188. The van der Waals surface area contributed by atoms with E-state index < -0.39 is 11.4 Å². The summed E-state index contributed by atoms with van der Waals surface area (Å²) in [4.78, 5) is 13.2. The minimum Gasteiger partial charge on any atom is -0.368 e. The van der Waals surface area contributed by atoms with Gasteiger partial charge in [-0.2, -0.15) is 0 Å². The number of carbonyl (C=O) groups is 1. The van der Waals surface area contributed by atoms with Crippen LogP contribution < -0.4 is 11.1 Å². The summed E-state index contributed by atoms with van der Waals surface area (Å²) in [6.45, 7) is 0. The van der Waals surface area contributed by atoms with E-state index >= 15 is 0 Å². The Balaban J connectivity index is 2.05. The summed E-state index contributed by atoms with van der Waals surface area (Å²) in [6.07, 6.45) is 0.599. The Morgan fingerprint density at radius 1 is 1.19 bits per heavy atom. The van der Waals surface area contributed by atoms with E-state index in [2.05, 4.69) is 5.32 Å². The fourth-order valence-corrected chi connectivity index (χ4v) is 3.82. The first-order chi connectivity index (χ1) is 10.1. The molecule has 1 aliphatic rings. The van der Waals surface area contributed by atoms with Gasteiger partial charge in [0, 0.05) is 21.9 Å². The summed E-state index contributed by atoms with van der Waals surface area (Å²) in [7, 11) is 0. The van der Waals surface area contributed by atoms with Gasteiger partial charge in [0.1, 0.15) is 11.4 Å². The Bertz CT molecular complexity index is 674. The standard InChI is InChI=1S/C16H15FN2OS/c17-11-5-7-12(8-6-11)19-16(15(18)20)9-10-21-14-4-2-1-3-13(14)16/h1-8,19H,9-10H2,(H2,18,20). The summed E-state index contributed by atoms with van der Waals surface area (Å²) in [5.41, 5.74) is 6.33. The summed E-state index contributed by atoms with van der Waals surface area (Å²) in [5.74, 6) is 0.0709. The van der Waals surface area contributed by atoms with Crippen LogP contribution in [0.15, 0.2) is 53.4 Å². The number of anilines is 1. The van der Waals surface area contributed by atoms with E-state index in [1.807, 2.05) is 24.3 Å². The number of primary amides is 1. The topological polar surface area (TPSA) is 55.1 Å². The van der Waals surface area contributed by atoms with Gasteiger partial charge in [0.05, 0.1) is 0 Å². The Morgan fingerprint density at radius 3 is 2.62 bits per heavy atom. The van der Waals surface area contributed by atoms with Crippen LogP contribution in [0.25, 0.3) is 0 Å². The van der Waals surface area contributed by atoms with Gasteiger partial charge in [0.15, 0.2) is 0 Å². The third-order valence-electron chi connectivity index (χ3n) is 3.70. The molecule has 1 unspecified atom stereocenters. The molecule has 3 nitrogen and oxygen atoms in total. The van der Waals surface area contributed by atoms with Crippen molar-refractivity contribution in [1.82, 2.24) is 0 Å². The van der Waals surface area contributed by atoms with Crippen LogP contribution in [-0.4, -0.2) is 11.7 Å². The average molecular weight is 302 g/mol. The van der Waals surface area contributed by atoms with Gasteiger partial charge in [-0.15, -0.1) is 11.8 Å².